The van der Waals surface area contributed by atoms with Gasteiger partial charge in [0.2, 0.25) is 0 Å². The summed E-state index contributed by atoms with van der Waals surface area (Å²) in [6.07, 6.45) is 0. The highest BCUT2D eigenvalue weighted by molar-refractivity contribution is 7.99. The van der Waals surface area contributed by atoms with E-state index in [0.29, 0.717) is 11.9 Å². The molecule has 2 rings (SSSR count). The molecule has 1 atom stereocenters. The van der Waals surface area contributed by atoms with Gasteiger partial charge < -0.3 is 4.57 Å². The van der Waals surface area contributed by atoms with E-state index >= 15 is 0 Å². The van der Waals surface area contributed by atoms with Crippen molar-refractivity contribution in [3.05, 3.63) is 29.6 Å². The fourth-order valence-corrected chi connectivity index (χ4v) is 3.17. The molecule has 0 aliphatic carbocycles. The summed E-state index contributed by atoms with van der Waals surface area (Å²) in [6, 6.07) is 6.75. The van der Waals surface area contributed by atoms with E-state index in [-0.39, 0.29) is 0 Å². The Hall–Kier alpha value is -0.670. The summed E-state index contributed by atoms with van der Waals surface area (Å²) in [4.78, 5) is 4.68. The predicted octanol–water partition coefficient (Wildman–Crippen LogP) is 4.40. The number of halogens is 1. The fourth-order valence-electron chi connectivity index (χ4n) is 2.25. The highest BCUT2D eigenvalue weighted by Crippen LogP contribution is 2.26. The quantitative estimate of drug-likeness (QED) is 0.757. The Morgan fingerprint density at radius 3 is 2.89 bits per heavy atom. The molecule has 0 bridgehead atoms. The first-order valence-electron chi connectivity index (χ1n) is 6.29. The van der Waals surface area contributed by atoms with E-state index in [4.69, 9.17) is 11.6 Å². The molecule has 2 nitrogen and oxygen atoms in total. The number of hydrogen-bond acceptors (Lipinski definition) is 2. The van der Waals surface area contributed by atoms with E-state index in [0.717, 1.165) is 22.8 Å². The second-order valence-electron chi connectivity index (χ2n) is 4.48. The van der Waals surface area contributed by atoms with Gasteiger partial charge in [0, 0.05) is 11.8 Å². The average molecular weight is 283 g/mol. The molecule has 1 heterocycles. The second-order valence-corrected chi connectivity index (χ2v) is 6.07. The monoisotopic (exact) mass is 282 g/mol. The first-order chi connectivity index (χ1) is 8.69. The first-order valence-corrected chi connectivity index (χ1v) is 7.98. The van der Waals surface area contributed by atoms with Crippen molar-refractivity contribution in [3.63, 3.8) is 0 Å². The topological polar surface area (TPSA) is 17.8 Å². The summed E-state index contributed by atoms with van der Waals surface area (Å²) in [6.45, 7) is 6.53. The van der Waals surface area contributed by atoms with E-state index in [1.807, 2.05) is 11.8 Å². The highest BCUT2D eigenvalue weighted by atomic mass is 35.5. The third kappa shape index (κ3) is 2.52. The Morgan fingerprint density at radius 1 is 1.44 bits per heavy atom. The van der Waals surface area contributed by atoms with Crippen LogP contribution >= 0.6 is 23.4 Å². The molecule has 0 radical (unpaired) electrons. The number of para-hydroxylation sites is 1. The predicted molar refractivity (Wildman–Crippen MR) is 81.7 cm³/mol. The Kier molecular flexibility index (Phi) is 4.57. The summed E-state index contributed by atoms with van der Waals surface area (Å²) in [5.74, 6) is 3.69. The van der Waals surface area contributed by atoms with Crippen LogP contribution < -0.4 is 0 Å². The third-order valence-electron chi connectivity index (χ3n) is 3.12. The van der Waals surface area contributed by atoms with Crippen LogP contribution in [0.15, 0.2) is 18.2 Å². The Balaban J connectivity index is 2.50. The van der Waals surface area contributed by atoms with Gasteiger partial charge in [0.25, 0.3) is 0 Å². The largest absolute Gasteiger partial charge is 0.323 e. The molecule has 0 aliphatic rings. The van der Waals surface area contributed by atoms with Crippen molar-refractivity contribution < 1.29 is 0 Å². The first kappa shape index (κ1) is 13.8. The number of benzene rings is 1. The van der Waals surface area contributed by atoms with E-state index in [9.17, 15) is 0 Å². The standard InChI is InChI=1S/C14H19ClN2S/c1-4-18-9-11(3)17-12-7-5-6-10(2)14(12)16-13(17)8-15/h5-7,11H,4,8-9H2,1-3H3. The molecule has 0 saturated heterocycles. The smallest absolute Gasteiger partial charge is 0.125 e. The summed E-state index contributed by atoms with van der Waals surface area (Å²) >= 11 is 8.00. The van der Waals surface area contributed by atoms with Crippen LogP contribution in [-0.4, -0.2) is 21.1 Å². The lowest BCUT2D eigenvalue weighted by molar-refractivity contribution is 0.606. The number of alkyl halides is 1. The van der Waals surface area contributed by atoms with Gasteiger partial charge in [-0.1, -0.05) is 19.1 Å². The van der Waals surface area contributed by atoms with Gasteiger partial charge in [0.1, 0.15) is 5.82 Å². The third-order valence-corrected chi connectivity index (χ3v) is 4.48. The number of rotatable bonds is 5. The maximum Gasteiger partial charge on any atom is 0.125 e. The molecule has 0 amide bonds. The zero-order valence-electron chi connectivity index (χ0n) is 11.1. The van der Waals surface area contributed by atoms with Crippen LogP contribution in [0.1, 0.15) is 31.3 Å². The second kappa shape index (κ2) is 5.98. The summed E-state index contributed by atoms with van der Waals surface area (Å²) < 4.78 is 2.29. The Bertz CT molecular complexity index is 536. The van der Waals surface area contributed by atoms with Crippen LogP contribution in [0.4, 0.5) is 0 Å². The van der Waals surface area contributed by atoms with Crippen molar-refractivity contribution in [1.82, 2.24) is 9.55 Å². The summed E-state index contributed by atoms with van der Waals surface area (Å²) in [7, 11) is 0. The van der Waals surface area contributed by atoms with Gasteiger partial charge in [-0.25, -0.2) is 4.98 Å². The number of thioether (sulfide) groups is 1. The average Bonchev–Trinajstić information content (AvgIpc) is 2.76. The van der Waals surface area contributed by atoms with Crippen molar-refractivity contribution in [3.8, 4) is 0 Å². The molecule has 4 heteroatoms. The van der Waals surface area contributed by atoms with Gasteiger partial charge in [-0.3, -0.25) is 0 Å². The van der Waals surface area contributed by atoms with Crippen LogP contribution in [0.5, 0.6) is 0 Å². The lowest BCUT2D eigenvalue weighted by Crippen LogP contribution is -2.11. The zero-order valence-corrected chi connectivity index (χ0v) is 12.7. The maximum atomic E-state index is 6.04. The van der Waals surface area contributed by atoms with E-state index in [2.05, 4.69) is 48.5 Å². The van der Waals surface area contributed by atoms with Crippen LogP contribution in [0.25, 0.3) is 11.0 Å². The zero-order chi connectivity index (χ0) is 13.1. The Morgan fingerprint density at radius 2 is 2.22 bits per heavy atom. The van der Waals surface area contributed by atoms with Gasteiger partial charge in [-0.2, -0.15) is 11.8 Å². The molecular formula is C14H19ClN2S. The molecule has 1 unspecified atom stereocenters. The van der Waals surface area contributed by atoms with Gasteiger partial charge in [-0.05, 0) is 31.2 Å². The van der Waals surface area contributed by atoms with Crippen molar-refractivity contribution in [2.75, 3.05) is 11.5 Å². The fraction of sp³-hybridized carbons (Fsp3) is 0.500. The molecular weight excluding hydrogens is 264 g/mol. The lowest BCUT2D eigenvalue weighted by atomic mass is 10.2. The molecule has 2 aromatic rings. The van der Waals surface area contributed by atoms with Crippen LogP contribution in [0, 0.1) is 6.92 Å². The molecule has 98 valence electrons. The van der Waals surface area contributed by atoms with E-state index in [1.54, 1.807) is 0 Å². The molecule has 0 fully saturated rings. The van der Waals surface area contributed by atoms with Crippen molar-refractivity contribution in [2.45, 2.75) is 32.7 Å². The van der Waals surface area contributed by atoms with Gasteiger partial charge >= 0.3 is 0 Å². The van der Waals surface area contributed by atoms with Gasteiger partial charge in [0.15, 0.2) is 0 Å². The molecule has 0 spiro atoms. The molecule has 0 aliphatic heterocycles. The summed E-state index contributed by atoms with van der Waals surface area (Å²) in [5, 5.41) is 0. The number of nitrogens with zero attached hydrogens (tertiary/aromatic N) is 2. The molecule has 0 saturated carbocycles. The van der Waals surface area contributed by atoms with Crippen LogP contribution in [0.3, 0.4) is 0 Å². The van der Waals surface area contributed by atoms with Gasteiger partial charge in [0.05, 0.1) is 16.9 Å². The van der Waals surface area contributed by atoms with Crippen molar-refractivity contribution >= 4 is 34.4 Å². The molecule has 0 N–H and O–H groups in total. The Labute approximate surface area is 118 Å². The minimum atomic E-state index is 0.426. The molecule has 1 aromatic carbocycles. The number of aryl methyl sites for hydroxylation is 1. The van der Waals surface area contributed by atoms with Crippen molar-refractivity contribution in [1.29, 1.82) is 0 Å². The number of hydrogen-bond donors (Lipinski definition) is 0. The number of imidazole rings is 1. The number of aromatic nitrogens is 2. The highest BCUT2D eigenvalue weighted by Gasteiger charge is 2.15. The molecule has 18 heavy (non-hydrogen) atoms. The van der Waals surface area contributed by atoms with Crippen molar-refractivity contribution in [2.24, 2.45) is 0 Å². The SMILES string of the molecule is CCSCC(C)n1c(CCl)nc2c(C)cccc21. The lowest BCUT2D eigenvalue weighted by Gasteiger charge is -2.16. The number of fused-ring (bicyclic) bond motifs is 1. The van der Waals surface area contributed by atoms with E-state index < -0.39 is 0 Å². The minimum absolute atomic E-state index is 0.426. The van der Waals surface area contributed by atoms with Crippen LogP contribution in [0.2, 0.25) is 0 Å². The normalized spacial score (nSPS) is 13.1. The van der Waals surface area contributed by atoms with Crippen LogP contribution in [-0.2, 0) is 5.88 Å². The summed E-state index contributed by atoms with van der Waals surface area (Å²) in [5.41, 5.74) is 3.50. The maximum absolute atomic E-state index is 6.04. The molecule has 1 aromatic heterocycles. The van der Waals surface area contributed by atoms with Gasteiger partial charge in [-0.15, -0.1) is 11.6 Å². The van der Waals surface area contributed by atoms with E-state index in [1.165, 1.54) is 11.1 Å². The minimum Gasteiger partial charge on any atom is -0.323 e.